The molecule has 0 saturated carbocycles. The quantitative estimate of drug-likeness (QED) is 0.0154. The van der Waals surface area contributed by atoms with Gasteiger partial charge in [-0.25, -0.2) is 24.4 Å². The first kappa shape index (κ1) is 88.2. The van der Waals surface area contributed by atoms with Crippen molar-refractivity contribution < 1.29 is 33.2 Å². The van der Waals surface area contributed by atoms with Crippen LogP contribution >= 0.6 is 11.3 Å². The van der Waals surface area contributed by atoms with Gasteiger partial charge in [0.05, 0.1) is 81.0 Å². The molecule has 0 aliphatic carbocycles. The van der Waals surface area contributed by atoms with E-state index in [9.17, 15) is 14.4 Å². The second-order valence-electron chi connectivity index (χ2n) is 30.5. The van der Waals surface area contributed by atoms with Crippen LogP contribution in [-0.4, -0.2) is 208 Å². The number of benzene rings is 7. The van der Waals surface area contributed by atoms with E-state index < -0.39 is 0 Å². The average Bonchev–Trinajstić information content (AvgIpc) is 1.29. The van der Waals surface area contributed by atoms with Crippen molar-refractivity contribution in [1.82, 2.24) is 78.4 Å². The van der Waals surface area contributed by atoms with E-state index >= 15 is 0 Å². The zero-order chi connectivity index (χ0) is 88.0. The lowest BCUT2D eigenvalue weighted by Crippen LogP contribution is -2.21. The number of carbonyl (C=O) groups is 1. The fraction of sp³-hybridized carbons (Fsp3) is 0.312. The molecule has 9 aromatic heterocycles. The van der Waals surface area contributed by atoms with Crippen LogP contribution in [0.15, 0.2) is 174 Å². The third-order valence-electron chi connectivity index (χ3n) is 21.0. The van der Waals surface area contributed by atoms with Crippen molar-refractivity contribution in [3.63, 3.8) is 0 Å². The van der Waals surface area contributed by atoms with Crippen molar-refractivity contribution in [1.29, 1.82) is 0 Å². The number of pyridine rings is 2. The van der Waals surface area contributed by atoms with Crippen molar-refractivity contribution in [3.05, 3.63) is 223 Å². The van der Waals surface area contributed by atoms with Gasteiger partial charge in [-0.15, -0.1) is 21.5 Å². The van der Waals surface area contributed by atoms with Crippen LogP contribution in [-0.2, 0) is 11.8 Å². The average molecular weight is 1700 g/mol. The molecule has 0 amide bonds. The molecule has 30 nitrogen and oxygen atoms in total. The Morgan fingerprint density at radius 3 is 1.76 bits per heavy atom. The molecule has 7 aromatic carbocycles. The summed E-state index contributed by atoms with van der Waals surface area (Å²) in [6, 6.07) is 44.8. The number of carbonyl (C=O) groups excluding carboxylic acids is 1. The number of nitrogens with two attached hydrogens (primary N) is 1. The number of anilines is 5. The SMILES string of the molecule is CCOC(=O)c1cnc2c(C)cc(C)cc2c1NCCCN(C)C.CCOc1ccc(C2=CC(c3cc(OC)c(OC)c(OC)c3)n3ncnc3N2)cc1.CN(C)CCCNc1nn2c(=O)c3ccccc3nc2c2ccccc12.COc1cccc2c(N)c3c(cnn3C)nc12.Cc1sc2nc3c4ccccc4c(NCCCN(C)C)nn3c(=O)c2c1C. The number of fused-ring (bicyclic) bond motifs is 12. The van der Waals surface area contributed by atoms with Crippen LogP contribution in [0.5, 0.6) is 28.7 Å². The van der Waals surface area contributed by atoms with Crippen LogP contribution in [0, 0.1) is 27.7 Å². The van der Waals surface area contributed by atoms with E-state index in [4.69, 9.17) is 44.1 Å². The highest BCUT2D eigenvalue weighted by Gasteiger charge is 2.28. The lowest BCUT2D eigenvalue weighted by Gasteiger charge is -2.25. The number of hydrogen-bond donors (Lipinski definition) is 5. The van der Waals surface area contributed by atoms with E-state index in [1.807, 2.05) is 168 Å². The Balaban J connectivity index is 0.000000134. The van der Waals surface area contributed by atoms with E-state index in [2.05, 4.69) is 139 Å². The number of allylic oxidation sites excluding steroid dienone is 1. The summed E-state index contributed by atoms with van der Waals surface area (Å²) < 4.78 is 39.0. The number of thiophene rings is 1. The standard InChI is InChI=1S/C22H24N4O4.C20H23N5OS.C20H21N5O.C19H27N3O2.C12H12N4O/c1-5-30-16-8-6-14(7-9-16)17-12-18(26-22(25-17)23-13-24-26)15-10-19(27-2)21(29-4)20(11-15)28-3;1-12-13(2)27-19-16(12)20(26)25-18(22-19)15-9-6-5-8-14(15)17(23-25)21-10-7-11-24(3)4;1-24(2)13-7-12-21-18-14-8-3-4-9-15(14)19-22-17-11-6-5-10-16(17)20(26)25(19)23-18;1-6-24-19(23)16-12-21-17-14(3)10-13(2)11-15(17)18(16)20-8-7-9-22(4)5;1-16-12-8(6-14-16)15-11-7(10(12)13)4-3-5-9(11)17-2/h6-13,18H,5H2,1-4H3,(H,23,24,25);5-6,8-9H,7,10-11H2,1-4H3,(H,21,23);3-6,8-11H,7,12-13H2,1-2H3,(H,21,23);10-12H,6-9H2,1-5H3,(H,20,21);3-6H,1-2H3,(H2,13,15). The second kappa shape index (κ2) is 39.9. The van der Waals surface area contributed by atoms with Crippen molar-refractivity contribution in [2.75, 3.05) is 150 Å². The molecule has 644 valence electrons. The lowest BCUT2D eigenvalue weighted by atomic mass is 10.0. The van der Waals surface area contributed by atoms with Gasteiger partial charge in [0.25, 0.3) is 11.1 Å². The third kappa shape index (κ3) is 19.3. The Hall–Kier alpha value is -13.6. The Kier molecular flexibility index (Phi) is 28.4. The van der Waals surface area contributed by atoms with Gasteiger partial charge in [0.2, 0.25) is 11.7 Å². The van der Waals surface area contributed by atoms with E-state index in [0.717, 1.165) is 179 Å². The number of aromatic nitrogens is 13. The summed E-state index contributed by atoms with van der Waals surface area (Å²) in [6.07, 6.45) is 9.93. The first-order valence-corrected chi connectivity index (χ1v) is 41.9. The smallest absolute Gasteiger partial charge is 0.341 e. The zero-order valence-electron chi connectivity index (χ0n) is 73.3. The van der Waals surface area contributed by atoms with Gasteiger partial charge in [-0.1, -0.05) is 84.4 Å². The van der Waals surface area contributed by atoms with Gasteiger partial charge < -0.3 is 70.1 Å². The summed E-state index contributed by atoms with van der Waals surface area (Å²) in [5.74, 6) is 5.04. The van der Waals surface area contributed by atoms with Gasteiger partial charge in [0.15, 0.2) is 34.4 Å². The summed E-state index contributed by atoms with van der Waals surface area (Å²) in [7, 11) is 20.6. The number of para-hydroxylation sites is 2. The number of ether oxygens (including phenoxy) is 6. The molecule has 6 N–H and O–H groups in total. The second-order valence-corrected chi connectivity index (χ2v) is 31.8. The maximum atomic E-state index is 13.2. The Morgan fingerprint density at radius 2 is 1.16 bits per heavy atom. The van der Waals surface area contributed by atoms with Gasteiger partial charge in [-0.2, -0.15) is 24.2 Å². The fourth-order valence-corrected chi connectivity index (χ4v) is 15.9. The molecule has 10 heterocycles. The van der Waals surface area contributed by atoms with E-state index in [0.29, 0.717) is 81.1 Å². The fourth-order valence-electron chi connectivity index (χ4n) is 14.9. The molecule has 0 radical (unpaired) electrons. The molecule has 0 bridgehead atoms. The summed E-state index contributed by atoms with van der Waals surface area (Å²) in [6.45, 7) is 18.2. The van der Waals surface area contributed by atoms with Gasteiger partial charge in [0, 0.05) is 75.8 Å². The predicted molar refractivity (Wildman–Crippen MR) is 498 cm³/mol. The van der Waals surface area contributed by atoms with Gasteiger partial charge >= 0.3 is 5.97 Å². The number of esters is 1. The number of methoxy groups -OCH3 is 4. The Morgan fingerprint density at radius 1 is 0.581 bits per heavy atom. The first-order chi connectivity index (χ1) is 59.9. The number of nitrogens with one attached hydrogen (secondary N) is 4. The van der Waals surface area contributed by atoms with Crippen LogP contribution in [0.1, 0.15) is 82.2 Å². The van der Waals surface area contributed by atoms with E-state index in [-0.39, 0.29) is 23.1 Å². The molecule has 16 aromatic rings. The molecule has 1 aliphatic heterocycles. The minimum Gasteiger partial charge on any atom is -0.494 e. The topological polar surface area (TPSA) is 325 Å². The molecule has 0 saturated heterocycles. The van der Waals surface area contributed by atoms with Crippen LogP contribution in [0.3, 0.4) is 0 Å². The third-order valence-corrected chi connectivity index (χ3v) is 22.1. The number of nitrogen functional groups attached to an aromatic ring is 1. The van der Waals surface area contributed by atoms with Crippen molar-refractivity contribution in [2.45, 2.75) is 66.8 Å². The lowest BCUT2D eigenvalue weighted by molar-refractivity contribution is 0.0527. The normalized spacial score (nSPS) is 12.3. The molecule has 1 unspecified atom stereocenters. The zero-order valence-corrected chi connectivity index (χ0v) is 74.1. The molecule has 0 fully saturated rings. The highest BCUT2D eigenvalue weighted by molar-refractivity contribution is 7.18. The summed E-state index contributed by atoms with van der Waals surface area (Å²) in [4.78, 5) is 69.6. The Labute approximate surface area is 722 Å². The molecule has 31 heteroatoms. The predicted octanol–water partition coefficient (Wildman–Crippen LogP) is 15.1. The Bertz CT molecular complexity index is 6670. The van der Waals surface area contributed by atoms with Crippen molar-refractivity contribution in [3.8, 4) is 28.7 Å². The molecule has 0 spiro atoms. The van der Waals surface area contributed by atoms with Crippen LogP contribution < -0.4 is 61.8 Å². The number of aryl methyl sites for hydroxylation is 5. The number of hydrogen-bond acceptors (Lipinski definition) is 27. The molecular formula is C93H107N21O9S. The molecule has 124 heavy (non-hydrogen) atoms. The maximum absolute atomic E-state index is 13.2. The van der Waals surface area contributed by atoms with Crippen LogP contribution in [0.2, 0.25) is 0 Å². The minimum atomic E-state index is -0.332. The molecule has 17 rings (SSSR count). The van der Waals surface area contributed by atoms with Gasteiger partial charge in [-0.3, -0.25) is 19.3 Å². The maximum Gasteiger partial charge on any atom is 0.341 e. The summed E-state index contributed by atoms with van der Waals surface area (Å²) >= 11 is 1.57. The summed E-state index contributed by atoms with van der Waals surface area (Å²) in [5, 5.41) is 38.3. The molecule has 1 atom stereocenters. The summed E-state index contributed by atoms with van der Waals surface area (Å²) in [5.41, 5.74) is 19.3. The van der Waals surface area contributed by atoms with E-state index in [1.54, 1.807) is 62.9 Å². The largest absolute Gasteiger partial charge is 0.494 e. The van der Waals surface area contributed by atoms with Gasteiger partial charge in [0.1, 0.15) is 50.8 Å². The van der Waals surface area contributed by atoms with Crippen LogP contribution in [0.25, 0.3) is 92.5 Å². The minimum absolute atomic E-state index is 0.0982. The first-order valence-electron chi connectivity index (χ1n) is 41.1. The highest BCUT2D eigenvalue weighted by atomic mass is 32.1. The monoisotopic (exact) mass is 1690 g/mol. The van der Waals surface area contributed by atoms with Crippen LogP contribution in [0.4, 0.5) is 29.0 Å². The number of rotatable bonds is 25. The van der Waals surface area contributed by atoms with Gasteiger partial charge in [-0.05, 0) is 212 Å². The molecule has 1 aliphatic rings. The number of nitrogens with zero attached hydrogens (tertiary/aromatic N) is 16. The highest BCUT2D eigenvalue weighted by Crippen LogP contribution is 2.43. The van der Waals surface area contributed by atoms with Crippen molar-refractivity contribution in [2.24, 2.45) is 7.05 Å². The van der Waals surface area contributed by atoms with E-state index in [1.165, 1.54) is 15.4 Å². The van der Waals surface area contributed by atoms with Crippen molar-refractivity contribution >= 4 is 139 Å². The molecular weight excluding hydrogens is 1590 g/mol.